The standard InChI is InChI=1S/C10H14N4O3/c11-10(13-17)6-1-2-12-9(3-6)14-4-7(15)8(16)5-14/h1-3,7-8,15-17H,4-5H2,(H2,11,13). The Morgan fingerprint density at radius 1 is 1.41 bits per heavy atom. The highest BCUT2D eigenvalue weighted by Gasteiger charge is 2.30. The van der Waals surface area contributed by atoms with Gasteiger partial charge in [0, 0.05) is 24.8 Å². The lowest BCUT2D eigenvalue weighted by Gasteiger charge is -2.16. The Balaban J connectivity index is 2.23. The number of hydrogen-bond acceptors (Lipinski definition) is 6. The molecule has 92 valence electrons. The molecule has 2 rings (SSSR count). The minimum Gasteiger partial charge on any atom is -0.409 e. The highest BCUT2D eigenvalue weighted by atomic mass is 16.4. The number of rotatable bonds is 2. The fourth-order valence-electron chi connectivity index (χ4n) is 1.76. The molecule has 1 aromatic heterocycles. The Labute approximate surface area is 97.8 Å². The van der Waals surface area contributed by atoms with Crippen molar-refractivity contribution < 1.29 is 15.4 Å². The van der Waals surface area contributed by atoms with Crippen LogP contribution in [0.25, 0.3) is 0 Å². The molecule has 0 bridgehead atoms. The van der Waals surface area contributed by atoms with Crippen LogP contribution < -0.4 is 10.6 Å². The zero-order valence-electron chi connectivity index (χ0n) is 9.06. The number of β-amino-alcohol motifs (C(OH)–C–C–N with tert-alkyl or cyclic N) is 2. The SMILES string of the molecule is N/C(=N/O)c1ccnc(N2CC(O)C(O)C2)c1. The maximum Gasteiger partial charge on any atom is 0.170 e. The molecule has 1 aliphatic heterocycles. The number of hydrogen-bond donors (Lipinski definition) is 4. The fourth-order valence-corrected chi connectivity index (χ4v) is 1.76. The third kappa shape index (κ3) is 2.29. The molecule has 0 spiro atoms. The van der Waals surface area contributed by atoms with Gasteiger partial charge in [-0.2, -0.15) is 0 Å². The topological polar surface area (TPSA) is 115 Å². The van der Waals surface area contributed by atoms with Gasteiger partial charge in [-0.15, -0.1) is 0 Å². The number of aliphatic hydroxyl groups is 2. The predicted molar refractivity (Wildman–Crippen MR) is 61.0 cm³/mol. The minimum absolute atomic E-state index is 0.00561. The summed E-state index contributed by atoms with van der Waals surface area (Å²) in [5.74, 6) is 0.568. The Bertz CT molecular complexity index is 427. The van der Waals surface area contributed by atoms with Crippen molar-refractivity contribution in [2.45, 2.75) is 12.2 Å². The van der Waals surface area contributed by atoms with Gasteiger partial charge in [-0.25, -0.2) is 4.98 Å². The lowest BCUT2D eigenvalue weighted by Crippen LogP contribution is -2.23. The van der Waals surface area contributed by atoms with Gasteiger partial charge in [0.25, 0.3) is 0 Å². The molecular weight excluding hydrogens is 224 g/mol. The molecule has 17 heavy (non-hydrogen) atoms. The minimum atomic E-state index is -0.774. The molecule has 7 heteroatoms. The molecule has 2 atom stereocenters. The van der Waals surface area contributed by atoms with E-state index in [4.69, 9.17) is 10.9 Å². The molecule has 0 aliphatic carbocycles. The third-order valence-corrected chi connectivity index (χ3v) is 2.73. The molecule has 1 aliphatic rings. The first-order valence-corrected chi connectivity index (χ1v) is 5.17. The molecule has 1 aromatic rings. The van der Waals surface area contributed by atoms with Crippen LogP contribution in [0.3, 0.4) is 0 Å². The quantitative estimate of drug-likeness (QED) is 0.221. The Hall–Kier alpha value is -1.86. The number of pyridine rings is 1. The summed E-state index contributed by atoms with van der Waals surface area (Å²) in [6.07, 6.45) is -0.0200. The Morgan fingerprint density at radius 2 is 2.06 bits per heavy atom. The molecule has 2 heterocycles. The van der Waals surface area contributed by atoms with Crippen molar-refractivity contribution in [1.82, 2.24) is 4.98 Å². The zero-order chi connectivity index (χ0) is 12.4. The highest BCUT2D eigenvalue weighted by Crippen LogP contribution is 2.19. The average molecular weight is 238 g/mol. The van der Waals surface area contributed by atoms with Gasteiger partial charge in [0.1, 0.15) is 5.82 Å². The molecule has 5 N–H and O–H groups in total. The van der Waals surface area contributed by atoms with Crippen LogP contribution >= 0.6 is 0 Å². The van der Waals surface area contributed by atoms with Crippen LogP contribution in [0.1, 0.15) is 5.56 Å². The van der Waals surface area contributed by atoms with Crippen molar-refractivity contribution in [1.29, 1.82) is 0 Å². The van der Waals surface area contributed by atoms with Gasteiger partial charge >= 0.3 is 0 Å². The van der Waals surface area contributed by atoms with Crippen molar-refractivity contribution in [3.8, 4) is 0 Å². The van der Waals surface area contributed by atoms with Crippen LogP contribution in [0.5, 0.6) is 0 Å². The molecule has 0 aromatic carbocycles. The highest BCUT2D eigenvalue weighted by molar-refractivity contribution is 5.97. The second kappa shape index (κ2) is 4.56. The fraction of sp³-hybridized carbons (Fsp3) is 0.400. The van der Waals surface area contributed by atoms with E-state index in [9.17, 15) is 10.2 Å². The van der Waals surface area contributed by atoms with Crippen molar-refractivity contribution in [3.63, 3.8) is 0 Å². The number of aromatic nitrogens is 1. The van der Waals surface area contributed by atoms with Crippen molar-refractivity contribution >= 4 is 11.7 Å². The van der Waals surface area contributed by atoms with E-state index < -0.39 is 12.2 Å². The van der Waals surface area contributed by atoms with E-state index in [1.165, 1.54) is 6.20 Å². The summed E-state index contributed by atoms with van der Waals surface area (Å²) >= 11 is 0. The number of nitrogens with zero attached hydrogens (tertiary/aromatic N) is 3. The molecule has 2 unspecified atom stereocenters. The van der Waals surface area contributed by atoms with Crippen LogP contribution in [-0.2, 0) is 0 Å². The molecule has 0 saturated carbocycles. The molecule has 0 amide bonds. The van der Waals surface area contributed by atoms with E-state index in [-0.39, 0.29) is 5.84 Å². The monoisotopic (exact) mass is 238 g/mol. The van der Waals surface area contributed by atoms with Gasteiger partial charge in [-0.1, -0.05) is 5.16 Å². The van der Waals surface area contributed by atoms with Gasteiger partial charge in [0.15, 0.2) is 5.84 Å². The first kappa shape index (κ1) is 11.6. The summed E-state index contributed by atoms with van der Waals surface area (Å²) in [6.45, 7) is 0.627. The van der Waals surface area contributed by atoms with Crippen LogP contribution in [-0.4, -0.2) is 51.5 Å². The summed E-state index contributed by atoms with van der Waals surface area (Å²) in [5.41, 5.74) is 6.01. The van der Waals surface area contributed by atoms with Gasteiger partial charge in [-0.3, -0.25) is 0 Å². The second-order valence-electron chi connectivity index (χ2n) is 3.93. The summed E-state index contributed by atoms with van der Waals surface area (Å²) in [5, 5.41) is 30.4. The van der Waals surface area contributed by atoms with Crippen LogP contribution in [0.4, 0.5) is 5.82 Å². The summed E-state index contributed by atoms with van der Waals surface area (Å²) in [6, 6.07) is 3.25. The summed E-state index contributed by atoms with van der Waals surface area (Å²) in [7, 11) is 0. The van der Waals surface area contributed by atoms with Gasteiger partial charge < -0.3 is 26.1 Å². The predicted octanol–water partition coefficient (Wildman–Crippen LogP) is -1.28. The number of nitrogens with two attached hydrogens (primary N) is 1. The third-order valence-electron chi connectivity index (χ3n) is 2.73. The summed E-state index contributed by atoms with van der Waals surface area (Å²) in [4.78, 5) is 5.86. The number of aliphatic hydroxyl groups excluding tert-OH is 2. The maximum absolute atomic E-state index is 9.45. The van der Waals surface area contributed by atoms with Crippen molar-refractivity contribution in [2.75, 3.05) is 18.0 Å². The lowest BCUT2D eigenvalue weighted by atomic mass is 10.2. The number of amidine groups is 1. The lowest BCUT2D eigenvalue weighted by molar-refractivity contribution is 0.0572. The summed E-state index contributed by atoms with van der Waals surface area (Å²) < 4.78 is 0. The Kier molecular flexibility index (Phi) is 3.12. The molecule has 7 nitrogen and oxygen atoms in total. The first-order valence-electron chi connectivity index (χ1n) is 5.17. The Morgan fingerprint density at radius 3 is 2.65 bits per heavy atom. The zero-order valence-corrected chi connectivity index (χ0v) is 9.06. The first-order chi connectivity index (χ1) is 8.11. The molecule has 1 saturated heterocycles. The number of anilines is 1. The smallest absolute Gasteiger partial charge is 0.170 e. The van der Waals surface area contributed by atoms with E-state index >= 15 is 0 Å². The molecule has 0 radical (unpaired) electrons. The average Bonchev–Trinajstić information content (AvgIpc) is 2.69. The van der Waals surface area contributed by atoms with Crippen molar-refractivity contribution in [2.24, 2.45) is 10.9 Å². The van der Waals surface area contributed by atoms with E-state index in [1.54, 1.807) is 17.0 Å². The second-order valence-corrected chi connectivity index (χ2v) is 3.93. The van der Waals surface area contributed by atoms with Crippen LogP contribution in [0.15, 0.2) is 23.5 Å². The van der Waals surface area contributed by atoms with E-state index in [1.807, 2.05) is 0 Å². The van der Waals surface area contributed by atoms with Gasteiger partial charge in [-0.05, 0) is 12.1 Å². The van der Waals surface area contributed by atoms with Gasteiger partial charge in [0.2, 0.25) is 0 Å². The normalized spacial score (nSPS) is 25.3. The van der Waals surface area contributed by atoms with Gasteiger partial charge in [0.05, 0.1) is 12.2 Å². The number of oxime groups is 1. The van der Waals surface area contributed by atoms with Crippen molar-refractivity contribution in [3.05, 3.63) is 23.9 Å². The largest absolute Gasteiger partial charge is 0.409 e. The van der Waals surface area contributed by atoms with E-state index in [0.29, 0.717) is 24.5 Å². The van der Waals surface area contributed by atoms with Crippen LogP contribution in [0, 0.1) is 0 Å². The van der Waals surface area contributed by atoms with E-state index in [2.05, 4.69) is 10.1 Å². The molecule has 1 fully saturated rings. The van der Waals surface area contributed by atoms with E-state index in [0.717, 1.165) is 0 Å². The van der Waals surface area contributed by atoms with Crippen LogP contribution in [0.2, 0.25) is 0 Å². The molecular formula is C10H14N4O3. The maximum atomic E-state index is 9.45.